The smallest absolute Gasteiger partial charge is 0.125 e. The van der Waals surface area contributed by atoms with Crippen LogP contribution in [0.25, 0.3) is 0 Å². The highest BCUT2D eigenvalue weighted by Crippen LogP contribution is 2.25. The van der Waals surface area contributed by atoms with Gasteiger partial charge in [0.15, 0.2) is 0 Å². The first kappa shape index (κ1) is 15.0. The van der Waals surface area contributed by atoms with Gasteiger partial charge in [-0.1, -0.05) is 26.0 Å². The number of hydrogen-bond acceptors (Lipinski definition) is 2. The fourth-order valence-electron chi connectivity index (χ4n) is 1.94. The third-order valence-corrected chi connectivity index (χ3v) is 3.24. The van der Waals surface area contributed by atoms with Crippen molar-refractivity contribution in [2.75, 3.05) is 13.2 Å². The number of nitrogens with one attached hydrogen (secondary N) is 1. The average Bonchev–Trinajstić information content (AvgIpc) is 2.32. The summed E-state index contributed by atoms with van der Waals surface area (Å²) in [5.74, 6) is 1.08. The first-order valence-electron chi connectivity index (χ1n) is 6.95. The Morgan fingerprint density at radius 1 is 1.06 bits per heavy atom. The van der Waals surface area contributed by atoms with Gasteiger partial charge in [0.05, 0.1) is 6.61 Å². The summed E-state index contributed by atoms with van der Waals surface area (Å²) < 4.78 is 5.93. The third kappa shape index (κ3) is 4.69. The van der Waals surface area contributed by atoms with Crippen molar-refractivity contribution in [3.05, 3.63) is 28.8 Å². The van der Waals surface area contributed by atoms with Crippen molar-refractivity contribution in [2.45, 2.75) is 53.5 Å². The minimum Gasteiger partial charge on any atom is -0.493 e. The van der Waals surface area contributed by atoms with E-state index in [0.717, 1.165) is 25.3 Å². The minimum atomic E-state index is 0.576. The van der Waals surface area contributed by atoms with Gasteiger partial charge in [-0.2, -0.15) is 0 Å². The SMILES string of the molecule is Cc1ccc(C)c(OCCCCNC(C)C)c1C. The molecule has 0 radical (unpaired) electrons. The molecular formula is C16H27NO. The zero-order valence-corrected chi connectivity index (χ0v) is 12.5. The maximum atomic E-state index is 5.93. The van der Waals surface area contributed by atoms with Gasteiger partial charge < -0.3 is 10.1 Å². The second kappa shape index (κ2) is 7.42. The summed E-state index contributed by atoms with van der Waals surface area (Å²) in [4.78, 5) is 0. The predicted molar refractivity (Wildman–Crippen MR) is 78.5 cm³/mol. The summed E-state index contributed by atoms with van der Waals surface area (Å²) in [7, 11) is 0. The molecule has 0 atom stereocenters. The van der Waals surface area contributed by atoms with Gasteiger partial charge in [0.2, 0.25) is 0 Å². The maximum absolute atomic E-state index is 5.93. The Hall–Kier alpha value is -1.02. The van der Waals surface area contributed by atoms with Crippen molar-refractivity contribution < 1.29 is 4.74 Å². The molecule has 0 unspecified atom stereocenters. The van der Waals surface area contributed by atoms with Crippen molar-refractivity contribution in [3.8, 4) is 5.75 Å². The van der Waals surface area contributed by atoms with Gasteiger partial charge in [0.1, 0.15) is 5.75 Å². The lowest BCUT2D eigenvalue weighted by molar-refractivity contribution is 0.301. The van der Waals surface area contributed by atoms with Crippen molar-refractivity contribution >= 4 is 0 Å². The lowest BCUT2D eigenvalue weighted by atomic mass is 10.1. The van der Waals surface area contributed by atoms with Crippen molar-refractivity contribution in [1.82, 2.24) is 5.32 Å². The Balaban J connectivity index is 2.33. The van der Waals surface area contributed by atoms with Gasteiger partial charge in [-0.25, -0.2) is 0 Å². The molecule has 0 aliphatic heterocycles. The molecule has 0 aromatic heterocycles. The van der Waals surface area contributed by atoms with Crippen LogP contribution in [0.5, 0.6) is 5.75 Å². The van der Waals surface area contributed by atoms with Crippen LogP contribution in [0.15, 0.2) is 12.1 Å². The lowest BCUT2D eigenvalue weighted by Crippen LogP contribution is -2.23. The number of hydrogen-bond donors (Lipinski definition) is 1. The third-order valence-electron chi connectivity index (χ3n) is 3.24. The van der Waals surface area contributed by atoms with E-state index in [2.05, 4.69) is 52.1 Å². The van der Waals surface area contributed by atoms with Crippen LogP contribution in [0.2, 0.25) is 0 Å². The largest absolute Gasteiger partial charge is 0.493 e. The highest BCUT2D eigenvalue weighted by atomic mass is 16.5. The molecule has 0 heterocycles. The molecule has 0 aliphatic carbocycles. The summed E-state index contributed by atoms with van der Waals surface area (Å²) in [6, 6.07) is 4.87. The maximum Gasteiger partial charge on any atom is 0.125 e. The molecule has 0 fully saturated rings. The second-order valence-corrected chi connectivity index (χ2v) is 5.32. The zero-order chi connectivity index (χ0) is 13.5. The molecule has 1 N–H and O–H groups in total. The normalized spacial score (nSPS) is 11.0. The molecule has 2 nitrogen and oxygen atoms in total. The molecule has 2 heteroatoms. The van der Waals surface area contributed by atoms with Gasteiger partial charge >= 0.3 is 0 Å². The molecule has 1 rings (SSSR count). The summed E-state index contributed by atoms with van der Waals surface area (Å²) in [5, 5.41) is 3.42. The second-order valence-electron chi connectivity index (χ2n) is 5.32. The molecule has 1 aromatic rings. The molecule has 0 aliphatic rings. The minimum absolute atomic E-state index is 0.576. The molecule has 102 valence electrons. The van der Waals surface area contributed by atoms with Gasteiger partial charge in [-0.15, -0.1) is 0 Å². The van der Waals surface area contributed by atoms with E-state index in [9.17, 15) is 0 Å². The van der Waals surface area contributed by atoms with E-state index in [0.29, 0.717) is 6.04 Å². The van der Waals surface area contributed by atoms with Crippen LogP contribution in [-0.2, 0) is 0 Å². The van der Waals surface area contributed by atoms with E-state index < -0.39 is 0 Å². The first-order valence-corrected chi connectivity index (χ1v) is 6.95. The molecule has 1 aromatic carbocycles. The van der Waals surface area contributed by atoms with Gasteiger partial charge in [0.25, 0.3) is 0 Å². The van der Waals surface area contributed by atoms with Crippen LogP contribution >= 0.6 is 0 Å². The van der Waals surface area contributed by atoms with E-state index in [1.165, 1.54) is 23.1 Å². The summed E-state index contributed by atoms with van der Waals surface area (Å²) >= 11 is 0. The molecule has 0 amide bonds. The van der Waals surface area contributed by atoms with Crippen molar-refractivity contribution in [2.24, 2.45) is 0 Å². The van der Waals surface area contributed by atoms with Crippen LogP contribution in [0.1, 0.15) is 43.4 Å². The van der Waals surface area contributed by atoms with Crippen molar-refractivity contribution in [3.63, 3.8) is 0 Å². The standard InChI is InChI=1S/C16H27NO/c1-12(2)17-10-6-7-11-18-16-14(4)9-8-13(3)15(16)5/h8-9,12,17H,6-7,10-11H2,1-5H3. The van der Waals surface area contributed by atoms with E-state index in [1.807, 2.05) is 0 Å². The number of rotatable bonds is 7. The van der Waals surface area contributed by atoms with Gasteiger partial charge in [-0.3, -0.25) is 0 Å². The molecule has 0 bridgehead atoms. The van der Waals surface area contributed by atoms with Crippen LogP contribution in [0.4, 0.5) is 0 Å². The van der Waals surface area contributed by atoms with Gasteiger partial charge in [0, 0.05) is 6.04 Å². The Morgan fingerprint density at radius 2 is 1.72 bits per heavy atom. The van der Waals surface area contributed by atoms with E-state index in [1.54, 1.807) is 0 Å². The molecule has 18 heavy (non-hydrogen) atoms. The van der Waals surface area contributed by atoms with E-state index >= 15 is 0 Å². The van der Waals surface area contributed by atoms with Crippen LogP contribution in [-0.4, -0.2) is 19.2 Å². The molecular weight excluding hydrogens is 222 g/mol. The number of unbranched alkanes of at least 4 members (excludes halogenated alkanes) is 1. The monoisotopic (exact) mass is 249 g/mol. The van der Waals surface area contributed by atoms with Gasteiger partial charge in [-0.05, 0) is 56.8 Å². The predicted octanol–water partition coefficient (Wildman–Crippen LogP) is 3.77. The Labute approximate surface area is 112 Å². The lowest BCUT2D eigenvalue weighted by Gasteiger charge is -2.14. The summed E-state index contributed by atoms with van der Waals surface area (Å²) in [5.41, 5.74) is 3.81. The summed E-state index contributed by atoms with van der Waals surface area (Å²) in [6.07, 6.45) is 2.27. The highest BCUT2D eigenvalue weighted by Gasteiger charge is 2.05. The Kier molecular flexibility index (Phi) is 6.20. The average molecular weight is 249 g/mol. The number of aryl methyl sites for hydroxylation is 2. The fraction of sp³-hybridized carbons (Fsp3) is 0.625. The summed E-state index contributed by atoms with van der Waals surface area (Å²) in [6.45, 7) is 12.6. The Morgan fingerprint density at radius 3 is 2.39 bits per heavy atom. The molecule has 0 spiro atoms. The fourth-order valence-corrected chi connectivity index (χ4v) is 1.94. The highest BCUT2D eigenvalue weighted by molar-refractivity contribution is 5.44. The van der Waals surface area contributed by atoms with Crippen LogP contribution in [0.3, 0.4) is 0 Å². The quantitative estimate of drug-likeness (QED) is 0.743. The topological polar surface area (TPSA) is 21.3 Å². The number of benzene rings is 1. The first-order chi connectivity index (χ1) is 8.52. The zero-order valence-electron chi connectivity index (χ0n) is 12.5. The Bertz CT molecular complexity index is 372. The number of ether oxygens (including phenoxy) is 1. The molecule has 0 saturated heterocycles. The van der Waals surface area contributed by atoms with Crippen molar-refractivity contribution in [1.29, 1.82) is 0 Å². The van der Waals surface area contributed by atoms with Crippen LogP contribution in [0, 0.1) is 20.8 Å². The van der Waals surface area contributed by atoms with E-state index in [4.69, 9.17) is 4.74 Å². The van der Waals surface area contributed by atoms with Crippen LogP contribution < -0.4 is 10.1 Å². The molecule has 0 saturated carbocycles. The van der Waals surface area contributed by atoms with E-state index in [-0.39, 0.29) is 0 Å².